The number of rotatable bonds is 9. The largest absolute Gasteiger partial charge is 0.508 e. The monoisotopic (exact) mass is 600 g/mol. The van der Waals surface area contributed by atoms with E-state index >= 15 is 0 Å². The molecule has 2 N–H and O–H groups in total. The molecule has 0 saturated carbocycles. The van der Waals surface area contributed by atoms with Gasteiger partial charge >= 0.3 is 0 Å². The third-order valence-corrected chi connectivity index (χ3v) is 9.64. The number of piperazine rings is 1. The average molecular weight is 601 g/mol. The fourth-order valence-electron chi connectivity index (χ4n) is 7.03. The second-order valence-corrected chi connectivity index (χ2v) is 12.4. The molecule has 0 bridgehead atoms. The summed E-state index contributed by atoms with van der Waals surface area (Å²) in [5.41, 5.74) is 9.90. The summed E-state index contributed by atoms with van der Waals surface area (Å²) in [5.74, 6) is 1.03. The van der Waals surface area contributed by atoms with Crippen LogP contribution in [-0.4, -0.2) is 61.7 Å². The number of fused-ring (bicyclic) bond motifs is 1. The number of anilines is 2. The van der Waals surface area contributed by atoms with E-state index < -0.39 is 0 Å². The Morgan fingerprint density at radius 1 is 0.867 bits per heavy atom. The highest BCUT2D eigenvalue weighted by Gasteiger charge is 2.26. The van der Waals surface area contributed by atoms with Crippen molar-refractivity contribution in [1.29, 1.82) is 0 Å². The fraction of sp³-hybridized carbons (Fsp3) is 0.308. The van der Waals surface area contributed by atoms with Gasteiger partial charge in [0.25, 0.3) is 5.91 Å². The number of nitrogens with zero attached hydrogens (tertiary/aromatic N) is 3. The topological polar surface area (TPSA) is 59.1 Å². The molecule has 0 spiro atoms. The lowest BCUT2D eigenvalue weighted by molar-refractivity contribution is 0.0965. The molecule has 3 aliphatic rings. The molecule has 45 heavy (non-hydrogen) atoms. The van der Waals surface area contributed by atoms with E-state index in [1.807, 2.05) is 30.4 Å². The van der Waals surface area contributed by atoms with E-state index in [9.17, 15) is 9.90 Å². The van der Waals surface area contributed by atoms with Gasteiger partial charge < -0.3 is 20.2 Å². The molecule has 3 aromatic rings. The zero-order valence-electron chi connectivity index (χ0n) is 26.3. The maximum atomic E-state index is 11.9. The number of phenolic OH excluding ortho intramolecular Hbond substituents is 1. The minimum absolute atomic E-state index is 0.0475. The number of carbonyl (C=O) groups is 1. The highest BCUT2D eigenvalue weighted by Crippen LogP contribution is 2.34. The van der Waals surface area contributed by atoms with Gasteiger partial charge in [-0.15, -0.1) is 0 Å². The van der Waals surface area contributed by atoms with Crippen molar-refractivity contribution in [2.45, 2.75) is 26.3 Å². The summed E-state index contributed by atoms with van der Waals surface area (Å²) in [5, 5.41) is 12.8. The molecular formula is C39H44N4O2. The first-order chi connectivity index (χ1) is 21.9. The highest BCUT2D eigenvalue weighted by atomic mass is 16.3. The van der Waals surface area contributed by atoms with Crippen molar-refractivity contribution in [3.05, 3.63) is 132 Å². The number of carbonyl (C=O) groups excluding carboxylic acids is 1. The molecule has 0 aliphatic carbocycles. The van der Waals surface area contributed by atoms with Crippen LogP contribution in [0, 0.1) is 5.92 Å². The minimum Gasteiger partial charge on any atom is -0.508 e. The SMILES string of the molecule is C=C/C=C(C=C)/C(C)=C(/c1ccc(O)cc1)c1ccc(N2CCC(CN3CCN(c4ccc5c(c4)CNC5=O)CC3)CC2)cc1. The molecule has 232 valence electrons. The number of hydrogen-bond acceptors (Lipinski definition) is 5. The molecule has 0 unspecified atom stereocenters. The Hall–Kier alpha value is -4.55. The van der Waals surface area contributed by atoms with Crippen LogP contribution < -0.4 is 15.1 Å². The highest BCUT2D eigenvalue weighted by molar-refractivity contribution is 5.98. The van der Waals surface area contributed by atoms with E-state index in [4.69, 9.17) is 0 Å². The molecule has 3 heterocycles. The Morgan fingerprint density at radius 2 is 1.49 bits per heavy atom. The summed E-state index contributed by atoms with van der Waals surface area (Å²) >= 11 is 0. The number of piperidine rings is 1. The van der Waals surface area contributed by atoms with E-state index in [-0.39, 0.29) is 11.7 Å². The predicted molar refractivity (Wildman–Crippen MR) is 186 cm³/mol. The second-order valence-electron chi connectivity index (χ2n) is 12.4. The van der Waals surface area contributed by atoms with Crippen molar-refractivity contribution >= 4 is 22.9 Å². The van der Waals surface area contributed by atoms with E-state index in [2.05, 4.69) is 76.5 Å². The van der Waals surface area contributed by atoms with Gasteiger partial charge in [-0.05, 0) is 102 Å². The Balaban J connectivity index is 1.05. The maximum Gasteiger partial charge on any atom is 0.251 e. The third-order valence-electron chi connectivity index (χ3n) is 9.64. The predicted octanol–water partition coefficient (Wildman–Crippen LogP) is 6.79. The zero-order valence-corrected chi connectivity index (χ0v) is 26.3. The summed E-state index contributed by atoms with van der Waals surface area (Å²) in [4.78, 5) is 19.5. The first-order valence-electron chi connectivity index (χ1n) is 16.1. The van der Waals surface area contributed by atoms with Crippen molar-refractivity contribution in [3.8, 4) is 5.75 Å². The summed E-state index contributed by atoms with van der Waals surface area (Å²) in [6.07, 6.45) is 8.06. The van der Waals surface area contributed by atoms with Crippen LogP contribution in [0.2, 0.25) is 0 Å². The van der Waals surface area contributed by atoms with Gasteiger partial charge in [-0.25, -0.2) is 0 Å². The third kappa shape index (κ3) is 6.76. The Labute approximate surface area is 267 Å². The lowest BCUT2D eigenvalue weighted by Crippen LogP contribution is -2.49. The molecule has 3 aliphatic heterocycles. The van der Waals surface area contributed by atoms with Gasteiger partial charge in [0.1, 0.15) is 5.75 Å². The number of phenols is 1. The summed E-state index contributed by atoms with van der Waals surface area (Å²) in [7, 11) is 0. The van der Waals surface area contributed by atoms with E-state index in [1.165, 1.54) is 30.8 Å². The number of hydrogen-bond donors (Lipinski definition) is 2. The van der Waals surface area contributed by atoms with Gasteiger partial charge in [0.15, 0.2) is 0 Å². The molecule has 2 saturated heterocycles. The molecule has 0 radical (unpaired) electrons. The van der Waals surface area contributed by atoms with Crippen LogP contribution >= 0.6 is 0 Å². The summed E-state index contributed by atoms with van der Waals surface area (Å²) < 4.78 is 0. The van der Waals surface area contributed by atoms with Crippen LogP contribution in [-0.2, 0) is 6.54 Å². The molecule has 2 fully saturated rings. The Bertz CT molecular complexity index is 1600. The van der Waals surface area contributed by atoms with Crippen LogP contribution in [0.1, 0.15) is 46.8 Å². The number of amides is 1. The second kappa shape index (κ2) is 13.6. The fourth-order valence-corrected chi connectivity index (χ4v) is 7.03. The van der Waals surface area contributed by atoms with E-state index in [1.54, 1.807) is 18.2 Å². The van der Waals surface area contributed by atoms with Gasteiger partial charge in [0, 0.05) is 69.3 Å². The number of benzene rings is 3. The van der Waals surface area contributed by atoms with Gasteiger partial charge in [-0.1, -0.05) is 55.7 Å². The molecule has 0 aromatic heterocycles. The summed E-state index contributed by atoms with van der Waals surface area (Å²) in [6, 6.07) is 22.6. The Kier molecular flexibility index (Phi) is 9.22. The van der Waals surface area contributed by atoms with Gasteiger partial charge in [-0.3, -0.25) is 9.69 Å². The molecule has 0 atom stereocenters. The van der Waals surface area contributed by atoms with Crippen LogP contribution in [0.15, 0.2) is 109 Å². The molecule has 3 aromatic carbocycles. The molecule has 1 amide bonds. The van der Waals surface area contributed by atoms with E-state index in [0.717, 1.165) is 84.2 Å². The van der Waals surface area contributed by atoms with Crippen LogP contribution in [0.4, 0.5) is 11.4 Å². The number of allylic oxidation sites excluding steroid dienone is 5. The lowest BCUT2D eigenvalue weighted by atomic mass is 9.89. The van der Waals surface area contributed by atoms with E-state index in [0.29, 0.717) is 6.54 Å². The van der Waals surface area contributed by atoms with Gasteiger partial charge in [-0.2, -0.15) is 0 Å². The van der Waals surface area contributed by atoms with Crippen molar-refractivity contribution in [2.24, 2.45) is 5.92 Å². The standard InChI is InChI=1S/C39H44N4O2/c1-4-6-30(5-2)28(3)38(32-9-14-36(44)15-10-32)31-7-11-34(12-8-31)42-19-17-29(18-20-42)27-41-21-23-43(24-22-41)35-13-16-37-33(25-35)26-40-39(37)45/h4-16,25,29,44H,1-2,17-24,26-27H2,3H3,(H,40,45)/b30-6+,38-28+. The average Bonchev–Trinajstić information content (AvgIpc) is 3.45. The zero-order chi connectivity index (χ0) is 31.3. The quantitative estimate of drug-likeness (QED) is 0.265. The van der Waals surface area contributed by atoms with Crippen molar-refractivity contribution in [2.75, 3.05) is 55.6 Å². The van der Waals surface area contributed by atoms with Crippen LogP contribution in [0.25, 0.3) is 5.57 Å². The smallest absolute Gasteiger partial charge is 0.251 e. The van der Waals surface area contributed by atoms with Gasteiger partial charge in [0.2, 0.25) is 0 Å². The lowest BCUT2D eigenvalue weighted by Gasteiger charge is -2.40. The van der Waals surface area contributed by atoms with Gasteiger partial charge in [0.05, 0.1) is 0 Å². The van der Waals surface area contributed by atoms with Crippen LogP contribution in [0.5, 0.6) is 5.75 Å². The first kappa shape index (κ1) is 30.5. The van der Waals surface area contributed by atoms with Crippen molar-refractivity contribution < 1.29 is 9.90 Å². The van der Waals surface area contributed by atoms with Crippen LogP contribution in [0.3, 0.4) is 0 Å². The normalized spacial score (nSPS) is 18.3. The number of aromatic hydroxyl groups is 1. The Morgan fingerprint density at radius 3 is 2.13 bits per heavy atom. The molecule has 6 rings (SSSR count). The molecular weight excluding hydrogens is 556 g/mol. The minimum atomic E-state index is 0.0475. The number of nitrogens with one attached hydrogen (secondary N) is 1. The first-order valence-corrected chi connectivity index (χ1v) is 16.1. The van der Waals surface area contributed by atoms with Crippen molar-refractivity contribution in [3.63, 3.8) is 0 Å². The maximum absolute atomic E-state index is 11.9. The molecule has 6 heteroatoms. The van der Waals surface area contributed by atoms with Crippen molar-refractivity contribution in [1.82, 2.24) is 10.2 Å². The summed E-state index contributed by atoms with van der Waals surface area (Å²) in [6.45, 7) is 18.2. The molecule has 6 nitrogen and oxygen atoms in total.